The highest BCUT2D eigenvalue weighted by molar-refractivity contribution is 7.80. The van der Waals surface area contributed by atoms with Gasteiger partial charge in [-0.25, -0.2) is 4.79 Å². The number of esters is 1. The summed E-state index contributed by atoms with van der Waals surface area (Å²) in [6.07, 6.45) is 0.296. The number of carbonyl (C=O) groups is 2. The minimum Gasteiger partial charge on any atom is -0.464 e. The van der Waals surface area contributed by atoms with E-state index in [1.165, 1.54) is 0 Å². The quantitative estimate of drug-likeness (QED) is 0.507. The van der Waals surface area contributed by atoms with Crippen molar-refractivity contribution in [3.05, 3.63) is 65.2 Å². The molecule has 0 aromatic heterocycles. The average Bonchev–Trinajstić information content (AvgIpc) is 2.80. The summed E-state index contributed by atoms with van der Waals surface area (Å²) >= 11 is 5.37. The number of amides is 1. The number of carbonyl (C=O) groups excluding carboxylic acids is 2. The molecule has 0 saturated carbocycles. The van der Waals surface area contributed by atoms with Gasteiger partial charge in [-0.3, -0.25) is 4.79 Å². The van der Waals surface area contributed by atoms with Gasteiger partial charge in [0, 0.05) is 25.1 Å². The normalized spacial score (nSPS) is 14.4. The smallest absolute Gasteiger partial charge is 0.328 e. The van der Waals surface area contributed by atoms with Crippen molar-refractivity contribution in [2.45, 2.75) is 26.3 Å². The molecule has 8 heteroatoms. The number of aryl methyl sites for hydroxylation is 1. The Morgan fingerprint density at radius 2 is 1.81 bits per heavy atom. The Bertz CT molecular complexity index is 942. The van der Waals surface area contributed by atoms with Crippen LogP contribution in [-0.2, 0) is 20.7 Å². The van der Waals surface area contributed by atoms with E-state index in [1.54, 1.807) is 31.2 Å². The zero-order valence-electron chi connectivity index (χ0n) is 18.3. The molecule has 2 aromatic carbocycles. The van der Waals surface area contributed by atoms with Crippen molar-refractivity contribution in [3.8, 4) is 5.75 Å². The van der Waals surface area contributed by atoms with Crippen LogP contribution in [0.4, 0.5) is 0 Å². The second kappa shape index (κ2) is 11.6. The lowest BCUT2D eigenvalue weighted by Gasteiger charge is -2.28. The number of thiocarbonyl (C=S) groups is 1. The van der Waals surface area contributed by atoms with Crippen LogP contribution >= 0.6 is 12.2 Å². The molecule has 1 N–H and O–H groups in total. The fourth-order valence-electron chi connectivity index (χ4n) is 3.34. The molecular weight excluding hydrogens is 428 g/mol. The van der Waals surface area contributed by atoms with Crippen LogP contribution in [0, 0.1) is 6.92 Å². The van der Waals surface area contributed by atoms with Gasteiger partial charge in [0.15, 0.2) is 0 Å². The Morgan fingerprint density at radius 3 is 2.47 bits per heavy atom. The van der Waals surface area contributed by atoms with Crippen LogP contribution in [0.25, 0.3) is 0 Å². The minimum absolute atomic E-state index is 0.237. The SMILES string of the molecule is CCOC(=O)C(Cc1ccc(OC(=S)N2CCOCC2)cc1)NC(=O)c1ccccc1C. The van der Waals surface area contributed by atoms with Crippen molar-refractivity contribution in [3.63, 3.8) is 0 Å². The fourth-order valence-corrected chi connectivity index (χ4v) is 3.62. The van der Waals surface area contributed by atoms with Gasteiger partial charge in [0.25, 0.3) is 11.1 Å². The Morgan fingerprint density at radius 1 is 1.12 bits per heavy atom. The van der Waals surface area contributed by atoms with Gasteiger partial charge in [0.1, 0.15) is 11.8 Å². The third-order valence-electron chi connectivity index (χ3n) is 5.10. The van der Waals surface area contributed by atoms with E-state index >= 15 is 0 Å². The van der Waals surface area contributed by atoms with E-state index in [9.17, 15) is 9.59 Å². The highest BCUT2D eigenvalue weighted by Gasteiger charge is 2.24. The number of nitrogens with one attached hydrogen (secondary N) is 1. The molecule has 170 valence electrons. The first kappa shape index (κ1) is 23.7. The van der Waals surface area contributed by atoms with Crippen molar-refractivity contribution < 1.29 is 23.8 Å². The van der Waals surface area contributed by atoms with E-state index in [0.717, 1.165) is 11.1 Å². The first-order valence-corrected chi connectivity index (χ1v) is 11.1. The predicted molar refractivity (Wildman–Crippen MR) is 125 cm³/mol. The first-order chi connectivity index (χ1) is 15.5. The van der Waals surface area contributed by atoms with Crippen LogP contribution in [0.3, 0.4) is 0 Å². The van der Waals surface area contributed by atoms with Gasteiger partial charge in [-0.15, -0.1) is 0 Å². The summed E-state index contributed by atoms with van der Waals surface area (Å²) in [5.41, 5.74) is 2.23. The molecule has 1 atom stereocenters. The molecule has 0 spiro atoms. The summed E-state index contributed by atoms with van der Waals surface area (Å²) in [6.45, 7) is 6.51. The third kappa shape index (κ3) is 6.51. The maximum absolute atomic E-state index is 12.7. The van der Waals surface area contributed by atoms with E-state index in [4.69, 9.17) is 26.4 Å². The van der Waals surface area contributed by atoms with Crippen molar-refractivity contribution in [2.24, 2.45) is 0 Å². The molecule has 2 aromatic rings. The Kier molecular flexibility index (Phi) is 8.58. The summed E-state index contributed by atoms with van der Waals surface area (Å²) in [7, 11) is 0. The van der Waals surface area contributed by atoms with Crippen molar-refractivity contribution in [1.29, 1.82) is 0 Å². The molecule has 7 nitrogen and oxygen atoms in total. The Balaban J connectivity index is 1.65. The van der Waals surface area contributed by atoms with E-state index in [1.807, 2.05) is 36.1 Å². The molecule has 1 unspecified atom stereocenters. The number of ether oxygens (including phenoxy) is 3. The van der Waals surface area contributed by atoms with Crippen LogP contribution in [-0.4, -0.2) is 60.9 Å². The van der Waals surface area contributed by atoms with Crippen molar-refractivity contribution in [1.82, 2.24) is 10.2 Å². The van der Waals surface area contributed by atoms with E-state index in [-0.39, 0.29) is 12.5 Å². The number of rotatable bonds is 7. The lowest BCUT2D eigenvalue weighted by molar-refractivity contribution is -0.145. The lowest BCUT2D eigenvalue weighted by Crippen LogP contribution is -2.43. The number of nitrogens with zero attached hydrogens (tertiary/aromatic N) is 1. The lowest BCUT2D eigenvalue weighted by atomic mass is 10.0. The highest BCUT2D eigenvalue weighted by Crippen LogP contribution is 2.16. The van der Waals surface area contributed by atoms with E-state index in [2.05, 4.69) is 5.32 Å². The summed E-state index contributed by atoms with van der Waals surface area (Å²) in [5.74, 6) is -0.165. The van der Waals surface area contributed by atoms with Crippen LogP contribution in [0.15, 0.2) is 48.5 Å². The van der Waals surface area contributed by atoms with Crippen LogP contribution in [0.2, 0.25) is 0 Å². The fraction of sp³-hybridized carbons (Fsp3) is 0.375. The Labute approximate surface area is 193 Å². The molecule has 1 aliphatic heterocycles. The standard InChI is InChI=1S/C24H28N2O5S/c1-3-30-23(28)21(25-22(27)20-7-5-4-6-17(20)2)16-18-8-10-19(11-9-18)31-24(32)26-12-14-29-15-13-26/h4-11,21H,3,12-16H2,1-2H3,(H,25,27). The second-order valence-corrected chi connectivity index (χ2v) is 7.76. The van der Waals surface area contributed by atoms with Gasteiger partial charge in [-0.05, 0) is 55.4 Å². The predicted octanol–water partition coefficient (Wildman–Crippen LogP) is 2.90. The minimum atomic E-state index is -0.803. The number of benzene rings is 2. The van der Waals surface area contributed by atoms with Gasteiger partial charge in [-0.1, -0.05) is 30.3 Å². The topological polar surface area (TPSA) is 77.1 Å². The third-order valence-corrected chi connectivity index (χ3v) is 5.45. The molecule has 32 heavy (non-hydrogen) atoms. The van der Waals surface area contributed by atoms with Gasteiger partial charge in [-0.2, -0.15) is 0 Å². The maximum Gasteiger partial charge on any atom is 0.328 e. The zero-order valence-corrected chi connectivity index (χ0v) is 19.2. The molecular formula is C24H28N2O5S. The molecule has 1 amide bonds. The van der Waals surface area contributed by atoms with Crippen LogP contribution in [0.5, 0.6) is 5.75 Å². The second-order valence-electron chi connectivity index (χ2n) is 7.41. The maximum atomic E-state index is 12.7. The molecule has 1 aliphatic rings. The van der Waals surface area contributed by atoms with Gasteiger partial charge in [0.05, 0.1) is 19.8 Å². The Hall–Kier alpha value is -2.97. The average molecular weight is 457 g/mol. The molecule has 1 saturated heterocycles. The molecule has 3 rings (SSSR count). The van der Waals surface area contributed by atoms with Crippen LogP contribution in [0.1, 0.15) is 28.4 Å². The first-order valence-electron chi connectivity index (χ1n) is 10.6. The van der Waals surface area contributed by atoms with Crippen LogP contribution < -0.4 is 10.1 Å². The molecule has 0 aliphatic carbocycles. The molecule has 1 heterocycles. The monoisotopic (exact) mass is 456 g/mol. The molecule has 1 fully saturated rings. The summed E-state index contributed by atoms with van der Waals surface area (Å²) in [5, 5.41) is 3.23. The van der Waals surface area contributed by atoms with E-state index in [0.29, 0.717) is 49.2 Å². The summed E-state index contributed by atoms with van der Waals surface area (Å²) in [6, 6.07) is 13.7. The largest absolute Gasteiger partial charge is 0.464 e. The van der Waals surface area contributed by atoms with Gasteiger partial charge in [0.2, 0.25) is 0 Å². The van der Waals surface area contributed by atoms with Gasteiger partial charge >= 0.3 is 5.97 Å². The molecule has 0 radical (unpaired) electrons. The number of hydrogen-bond donors (Lipinski definition) is 1. The van der Waals surface area contributed by atoms with E-state index < -0.39 is 12.0 Å². The number of morpholine rings is 1. The highest BCUT2D eigenvalue weighted by atomic mass is 32.1. The van der Waals surface area contributed by atoms with Crippen molar-refractivity contribution >= 4 is 29.3 Å². The molecule has 0 bridgehead atoms. The van der Waals surface area contributed by atoms with Crippen molar-refractivity contribution in [2.75, 3.05) is 32.9 Å². The zero-order chi connectivity index (χ0) is 22.9. The van der Waals surface area contributed by atoms with Gasteiger partial charge < -0.3 is 24.4 Å². The summed E-state index contributed by atoms with van der Waals surface area (Å²) < 4.78 is 16.3. The number of hydrogen-bond acceptors (Lipinski definition) is 6. The summed E-state index contributed by atoms with van der Waals surface area (Å²) in [4.78, 5) is 27.2.